The van der Waals surface area contributed by atoms with Gasteiger partial charge in [-0.1, -0.05) is 25.0 Å². The van der Waals surface area contributed by atoms with Crippen LogP contribution in [0.4, 0.5) is 29.3 Å². The highest BCUT2D eigenvalue weighted by Gasteiger charge is 2.32. The minimum absolute atomic E-state index is 0.138. The van der Waals surface area contributed by atoms with Crippen molar-refractivity contribution in [1.82, 2.24) is 10.3 Å². The topological polar surface area (TPSA) is 53.3 Å². The van der Waals surface area contributed by atoms with E-state index in [2.05, 4.69) is 20.5 Å². The first-order valence-electron chi connectivity index (χ1n) is 12.5. The second-order valence-electron chi connectivity index (χ2n) is 9.68. The van der Waals surface area contributed by atoms with E-state index >= 15 is 0 Å². The summed E-state index contributed by atoms with van der Waals surface area (Å²) in [5.74, 6) is 0.185. The number of piperidine rings is 1. The zero-order valence-electron chi connectivity index (χ0n) is 19.9. The summed E-state index contributed by atoms with van der Waals surface area (Å²) in [5, 5.41) is 7.24. The Labute approximate surface area is 207 Å². The van der Waals surface area contributed by atoms with Crippen LogP contribution >= 0.6 is 0 Å². The van der Waals surface area contributed by atoms with Gasteiger partial charge in [-0.3, -0.25) is 0 Å². The molecule has 3 atom stereocenters. The Morgan fingerprint density at radius 2 is 1.72 bits per heavy atom. The lowest BCUT2D eigenvalue weighted by molar-refractivity contribution is -0.137. The van der Waals surface area contributed by atoms with Crippen molar-refractivity contribution in [3.05, 3.63) is 66.1 Å². The molecule has 2 aliphatic rings. The smallest absolute Gasteiger partial charge is 0.416 e. The highest BCUT2D eigenvalue weighted by molar-refractivity contribution is 5.57. The first-order valence-corrected chi connectivity index (χ1v) is 12.5. The van der Waals surface area contributed by atoms with Gasteiger partial charge in [-0.15, -0.1) is 0 Å². The van der Waals surface area contributed by atoms with Gasteiger partial charge in [0.05, 0.1) is 11.8 Å². The van der Waals surface area contributed by atoms with E-state index in [-0.39, 0.29) is 23.9 Å². The lowest BCUT2D eigenvalue weighted by atomic mass is 9.89. The van der Waals surface area contributed by atoms with Crippen molar-refractivity contribution in [2.45, 2.75) is 62.8 Å². The number of rotatable bonds is 6. The Kier molecular flexibility index (Phi) is 7.18. The second kappa shape index (κ2) is 10.5. The maximum atomic E-state index is 13.6. The molecule has 1 aliphatic carbocycles. The van der Waals surface area contributed by atoms with Crippen LogP contribution in [-0.2, 0) is 6.18 Å². The highest BCUT2D eigenvalue weighted by atomic mass is 19.4. The summed E-state index contributed by atoms with van der Waals surface area (Å²) in [4.78, 5) is 6.52. The minimum Gasteiger partial charge on any atom is -0.424 e. The fourth-order valence-corrected chi connectivity index (χ4v) is 5.29. The maximum absolute atomic E-state index is 13.6. The van der Waals surface area contributed by atoms with Crippen LogP contribution in [0.25, 0.3) is 11.3 Å². The average Bonchev–Trinajstić information content (AvgIpc) is 3.34. The number of nitrogens with one attached hydrogen (secondary N) is 2. The summed E-state index contributed by atoms with van der Waals surface area (Å²) >= 11 is 0. The molecule has 1 aromatic heterocycles. The van der Waals surface area contributed by atoms with E-state index in [0.717, 1.165) is 69.4 Å². The van der Waals surface area contributed by atoms with Crippen molar-refractivity contribution in [3.63, 3.8) is 0 Å². The lowest BCUT2D eigenvalue weighted by Gasteiger charge is -2.40. The summed E-state index contributed by atoms with van der Waals surface area (Å²) in [7, 11) is 0. The molecule has 3 aromatic rings. The third kappa shape index (κ3) is 5.83. The van der Waals surface area contributed by atoms with Crippen LogP contribution in [0.1, 0.15) is 44.1 Å². The molecule has 2 N–H and O–H groups in total. The molecule has 9 heteroatoms. The molecule has 5 nitrogen and oxygen atoms in total. The average molecular weight is 503 g/mol. The summed E-state index contributed by atoms with van der Waals surface area (Å²) in [6.45, 7) is 1.58. The summed E-state index contributed by atoms with van der Waals surface area (Å²) < 4.78 is 58.2. The predicted molar refractivity (Wildman–Crippen MR) is 131 cm³/mol. The number of aromatic nitrogens is 1. The molecular weight excluding hydrogens is 472 g/mol. The maximum Gasteiger partial charge on any atom is 0.416 e. The number of halogens is 4. The number of alkyl halides is 3. The van der Waals surface area contributed by atoms with Crippen molar-refractivity contribution in [2.24, 2.45) is 0 Å². The molecule has 2 heterocycles. The van der Waals surface area contributed by atoms with Crippen molar-refractivity contribution in [2.75, 3.05) is 23.3 Å². The zero-order chi connectivity index (χ0) is 25.1. The van der Waals surface area contributed by atoms with Gasteiger partial charge in [0.15, 0.2) is 5.76 Å². The van der Waals surface area contributed by atoms with E-state index in [1.165, 1.54) is 12.1 Å². The summed E-state index contributed by atoms with van der Waals surface area (Å²) in [6, 6.07) is 12.7. The Balaban J connectivity index is 1.21. The van der Waals surface area contributed by atoms with Crippen LogP contribution in [0.5, 0.6) is 0 Å². The minimum atomic E-state index is -4.32. The van der Waals surface area contributed by atoms with Crippen LogP contribution in [0.15, 0.2) is 59.1 Å². The van der Waals surface area contributed by atoms with Gasteiger partial charge in [-0.2, -0.15) is 13.2 Å². The first kappa shape index (κ1) is 24.6. The molecule has 0 spiro atoms. The second-order valence-corrected chi connectivity index (χ2v) is 9.68. The molecule has 1 aliphatic heterocycles. The van der Waals surface area contributed by atoms with E-state index in [1.54, 1.807) is 30.5 Å². The zero-order valence-corrected chi connectivity index (χ0v) is 19.9. The number of hydrogen-bond donors (Lipinski definition) is 2. The van der Waals surface area contributed by atoms with E-state index < -0.39 is 11.7 Å². The predicted octanol–water partition coefficient (Wildman–Crippen LogP) is 6.48. The first-order chi connectivity index (χ1) is 17.3. The summed E-state index contributed by atoms with van der Waals surface area (Å²) in [6.07, 6.45) is 3.50. The van der Waals surface area contributed by atoms with Crippen molar-refractivity contribution >= 4 is 11.7 Å². The Hall–Kier alpha value is -3.07. The van der Waals surface area contributed by atoms with Crippen LogP contribution in [0.2, 0.25) is 0 Å². The number of hydrogen-bond acceptors (Lipinski definition) is 5. The number of anilines is 2. The normalized spacial score (nSPS) is 23.0. The molecule has 0 radical (unpaired) electrons. The SMILES string of the molecule is Fc1cccc(-c2cnc(NC3CCCCC3NC3CCCN(c4ccc(C(F)(F)F)cc4)C3)o2)c1. The van der Waals surface area contributed by atoms with E-state index in [1.807, 2.05) is 0 Å². The Morgan fingerprint density at radius 1 is 0.944 bits per heavy atom. The van der Waals surface area contributed by atoms with Gasteiger partial charge >= 0.3 is 6.18 Å². The molecule has 0 bridgehead atoms. The third-order valence-corrected chi connectivity index (χ3v) is 7.12. The molecule has 3 unspecified atom stereocenters. The largest absolute Gasteiger partial charge is 0.424 e. The van der Waals surface area contributed by atoms with Crippen LogP contribution in [0, 0.1) is 5.82 Å². The van der Waals surface area contributed by atoms with Crippen LogP contribution < -0.4 is 15.5 Å². The number of nitrogens with zero attached hydrogens (tertiary/aromatic N) is 2. The van der Waals surface area contributed by atoms with Gasteiger partial charge in [0.2, 0.25) is 0 Å². The van der Waals surface area contributed by atoms with Crippen molar-refractivity contribution in [3.8, 4) is 11.3 Å². The highest BCUT2D eigenvalue weighted by Crippen LogP contribution is 2.32. The molecule has 5 rings (SSSR count). The van der Waals surface area contributed by atoms with Gasteiger partial charge in [-0.05, 0) is 62.1 Å². The van der Waals surface area contributed by atoms with Gasteiger partial charge in [-0.25, -0.2) is 9.37 Å². The van der Waals surface area contributed by atoms with Crippen molar-refractivity contribution in [1.29, 1.82) is 0 Å². The monoisotopic (exact) mass is 502 g/mol. The lowest BCUT2D eigenvalue weighted by Crippen LogP contribution is -2.54. The standard InChI is InChI=1S/C27H30F4N4O/c28-20-6-3-5-18(15-20)25-16-32-26(36-25)34-24-9-2-1-8-23(24)33-21-7-4-14-35(17-21)22-12-10-19(11-13-22)27(29,30)31/h3,5-6,10-13,15-16,21,23-24,33H,1-2,4,7-9,14,17H2,(H,32,34). The quantitative estimate of drug-likeness (QED) is 0.378. The van der Waals surface area contributed by atoms with Crippen molar-refractivity contribution < 1.29 is 22.0 Å². The number of oxazole rings is 1. The molecular formula is C27H30F4N4O. The van der Waals surface area contributed by atoms with Crippen LogP contribution in [-0.4, -0.2) is 36.2 Å². The van der Waals surface area contributed by atoms with Gasteiger partial charge in [0.1, 0.15) is 5.82 Å². The molecule has 1 saturated carbocycles. The molecule has 2 fully saturated rings. The van der Waals surface area contributed by atoms with E-state index in [4.69, 9.17) is 4.42 Å². The van der Waals surface area contributed by atoms with Gasteiger partial charge < -0.3 is 20.0 Å². The Morgan fingerprint density at radius 3 is 2.47 bits per heavy atom. The fourth-order valence-electron chi connectivity index (χ4n) is 5.29. The molecule has 1 saturated heterocycles. The molecule has 2 aromatic carbocycles. The molecule has 36 heavy (non-hydrogen) atoms. The fraction of sp³-hybridized carbons (Fsp3) is 0.444. The summed E-state index contributed by atoms with van der Waals surface area (Å²) in [5.41, 5.74) is 0.832. The number of benzene rings is 2. The molecule has 192 valence electrons. The van der Waals surface area contributed by atoms with E-state index in [9.17, 15) is 17.6 Å². The van der Waals surface area contributed by atoms with Gasteiger partial charge in [0.25, 0.3) is 6.01 Å². The Bertz CT molecular complexity index is 1150. The molecule has 0 amide bonds. The third-order valence-electron chi connectivity index (χ3n) is 7.12. The van der Waals surface area contributed by atoms with E-state index in [0.29, 0.717) is 17.3 Å². The van der Waals surface area contributed by atoms with Crippen LogP contribution in [0.3, 0.4) is 0 Å². The van der Waals surface area contributed by atoms with Gasteiger partial charge in [0, 0.05) is 42.5 Å².